The van der Waals surface area contributed by atoms with E-state index >= 15 is 0 Å². The third kappa shape index (κ3) is 7.74. The first kappa shape index (κ1) is 27.1. The molecular weight excluding hydrogens is 438 g/mol. The number of hydrogen-bond acceptors (Lipinski definition) is 7. The molecule has 0 saturated heterocycles. The van der Waals surface area contributed by atoms with Crippen molar-refractivity contribution in [2.45, 2.75) is 78.4 Å². The monoisotopic (exact) mass is 475 g/mol. The number of aryl methyl sites for hydroxylation is 1. The van der Waals surface area contributed by atoms with Gasteiger partial charge >= 0.3 is 17.2 Å². The lowest BCUT2D eigenvalue weighted by atomic mass is 10.1. The zero-order chi connectivity index (χ0) is 25.1. The van der Waals surface area contributed by atoms with Crippen molar-refractivity contribution in [2.75, 3.05) is 13.2 Å². The first-order chi connectivity index (χ1) is 16.2. The highest BCUT2D eigenvalue weighted by molar-refractivity contribution is 5.79. The van der Waals surface area contributed by atoms with Gasteiger partial charge in [-0.2, -0.15) is 0 Å². The Bertz CT molecular complexity index is 1040. The van der Waals surface area contributed by atoms with E-state index in [2.05, 4.69) is 12.0 Å². The van der Waals surface area contributed by atoms with E-state index in [0.717, 1.165) is 35.8 Å². The van der Waals surface area contributed by atoms with Gasteiger partial charge in [0.25, 0.3) is 5.88 Å². The van der Waals surface area contributed by atoms with Crippen LogP contribution in [0.5, 0.6) is 11.6 Å². The molecule has 0 radical (unpaired) electrons. The van der Waals surface area contributed by atoms with Gasteiger partial charge in [-0.15, -0.1) is 5.10 Å². The second-order valence-electron chi connectivity index (χ2n) is 8.66. The molecule has 0 aliphatic heterocycles. The molecule has 9 heteroatoms. The van der Waals surface area contributed by atoms with Crippen LogP contribution >= 0.6 is 0 Å². The topological polar surface area (TPSA) is 102 Å². The SMILES string of the molecule is CCCCCCCn1nc(OCCc2ccc(OC(C)(C)C(=O)OCC)cc2)c(=O)n(C)c1=O. The van der Waals surface area contributed by atoms with Crippen molar-refractivity contribution in [3.8, 4) is 11.6 Å². The lowest BCUT2D eigenvalue weighted by Gasteiger charge is -2.24. The van der Waals surface area contributed by atoms with Crippen LogP contribution in [0, 0.1) is 0 Å². The van der Waals surface area contributed by atoms with Gasteiger partial charge in [0.2, 0.25) is 0 Å². The van der Waals surface area contributed by atoms with Crippen molar-refractivity contribution in [1.29, 1.82) is 0 Å². The normalized spacial score (nSPS) is 11.3. The molecule has 1 aromatic heterocycles. The molecule has 188 valence electrons. The molecule has 0 saturated carbocycles. The first-order valence-corrected chi connectivity index (χ1v) is 12.0. The number of ether oxygens (including phenoxy) is 3. The van der Waals surface area contributed by atoms with E-state index < -0.39 is 22.8 Å². The van der Waals surface area contributed by atoms with Crippen LogP contribution in [0.15, 0.2) is 33.9 Å². The summed E-state index contributed by atoms with van der Waals surface area (Å²) in [5, 5.41) is 4.15. The van der Waals surface area contributed by atoms with Crippen molar-refractivity contribution in [2.24, 2.45) is 7.05 Å². The smallest absolute Gasteiger partial charge is 0.349 e. The average Bonchev–Trinajstić information content (AvgIpc) is 2.81. The van der Waals surface area contributed by atoms with Gasteiger partial charge < -0.3 is 14.2 Å². The Morgan fingerprint density at radius 3 is 2.35 bits per heavy atom. The molecule has 0 spiro atoms. The number of rotatable bonds is 14. The standard InChI is InChI=1S/C25H37N3O6/c1-6-8-9-10-11-17-28-24(31)27(5)22(29)21(26-28)33-18-16-19-12-14-20(15-13-19)34-25(3,4)23(30)32-7-2/h12-15H,6-11,16-18H2,1-5H3. The molecule has 1 aromatic carbocycles. The number of esters is 1. The number of carbonyl (C=O) groups excluding carboxylic acids is 1. The van der Waals surface area contributed by atoms with Gasteiger partial charge in [0.05, 0.1) is 13.2 Å². The highest BCUT2D eigenvalue weighted by Gasteiger charge is 2.31. The first-order valence-electron chi connectivity index (χ1n) is 12.0. The van der Waals surface area contributed by atoms with E-state index in [4.69, 9.17) is 14.2 Å². The number of carbonyl (C=O) groups is 1. The maximum Gasteiger partial charge on any atom is 0.349 e. The predicted octanol–water partition coefficient (Wildman–Crippen LogP) is 3.25. The largest absolute Gasteiger partial charge is 0.476 e. The molecule has 0 fully saturated rings. The second kappa shape index (κ2) is 13.0. The Morgan fingerprint density at radius 2 is 1.71 bits per heavy atom. The van der Waals surface area contributed by atoms with Crippen LogP contribution in [0.25, 0.3) is 0 Å². The van der Waals surface area contributed by atoms with Crippen LogP contribution in [-0.2, 0) is 29.5 Å². The molecule has 1 heterocycles. The average molecular weight is 476 g/mol. The van der Waals surface area contributed by atoms with Crippen LogP contribution < -0.4 is 20.7 Å². The molecule has 2 aromatic rings. The maximum atomic E-state index is 12.4. The fraction of sp³-hybridized carbons (Fsp3) is 0.600. The maximum absolute atomic E-state index is 12.4. The number of nitrogens with zero attached hydrogens (tertiary/aromatic N) is 3. The van der Waals surface area contributed by atoms with E-state index in [-0.39, 0.29) is 12.5 Å². The Morgan fingerprint density at radius 1 is 1.03 bits per heavy atom. The van der Waals surface area contributed by atoms with E-state index in [1.807, 2.05) is 12.1 Å². The minimum absolute atomic E-state index is 0.0770. The summed E-state index contributed by atoms with van der Waals surface area (Å²) in [5.74, 6) is 0.0416. The minimum atomic E-state index is -1.09. The van der Waals surface area contributed by atoms with Crippen LogP contribution in [-0.4, -0.2) is 39.1 Å². The van der Waals surface area contributed by atoms with E-state index in [0.29, 0.717) is 25.3 Å². The zero-order valence-electron chi connectivity index (χ0n) is 21.0. The van der Waals surface area contributed by atoms with Gasteiger partial charge in [-0.3, -0.25) is 9.36 Å². The summed E-state index contributed by atoms with van der Waals surface area (Å²) in [6.45, 7) is 8.19. The molecule has 34 heavy (non-hydrogen) atoms. The summed E-state index contributed by atoms with van der Waals surface area (Å²) in [6, 6.07) is 7.27. The van der Waals surface area contributed by atoms with Crippen LogP contribution in [0.2, 0.25) is 0 Å². The zero-order valence-corrected chi connectivity index (χ0v) is 21.0. The lowest BCUT2D eigenvalue weighted by molar-refractivity contribution is -0.158. The number of benzene rings is 1. The van der Waals surface area contributed by atoms with E-state index in [9.17, 15) is 14.4 Å². The highest BCUT2D eigenvalue weighted by Crippen LogP contribution is 2.20. The summed E-state index contributed by atoms with van der Waals surface area (Å²) >= 11 is 0. The minimum Gasteiger partial charge on any atom is -0.476 e. The number of hydrogen-bond donors (Lipinski definition) is 0. The van der Waals surface area contributed by atoms with Gasteiger partial charge in [0, 0.05) is 20.0 Å². The van der Waals surface area contributed by atoms with Crippen molar-refractivity contribution in [3.05, 3.63) is 50.7 Å². The van der Waals surface area contributed by atoms with Gasteiger partial charge in [0.15, 0.2) is 5.60 Å². The summed E-state index contributed by atoms with van der Waals surface area (Å²) in [5.41, 5.74) is -1.11. The fourth-order valence-electron chi connectivity index (χ4n) is 3.33. The quantitative estimate of drug-likeness (QED) is 0.305. The summed E-state index contributed by atoms with van der Waals surface area (Å²) in [4.78, 5) is 36.7. The lowest BCUT2D eigenvalue weighted by Crippen LogP contribution is -2.40. The molecule has 0 bridgehead atoms. The Kier molecular flexibility index (Phi) is 10.3. The Hall–Kier alpha value is -3.10. The van der Waals surface area contributed by atoms with Gasteiger partial charge in [-0.1, -0.05) is 44.7 Å². The molecule has 2 rings (SSSR count). The van der Waals surface area contributed by atoms with Crippen LogP contribution in [0.3, 0.4) is 0 Å². The van der Waals surface area contributed by atoms with Crippen molar-refractivity contribution in [1.82, 2.24) is 14.3 Å². The molecule has 0 atom stereocenters. The third-order valence-corrected chi connectivity index (χ3v) is 5.37. The van der Waals surface area contributed by atoms with Crippen LogP contribution in [0.1, 0.15) is 65.4 Å². The second-order valence-corrected chi connectivity index (χ2v) is 8.66. The van der Waals surface area contributed by atoms with Crippen molar-refractivity contribution >= 4 is 5.97 Å². The summed E-state index contributed by atoms with van der Waals surface area (Å²) in [6.07, 6.45) is 5.80. The molecule has 9 nitrogen and oxygen atoms in total. The van der Waals surface area contributed by atoms with Crippen LogP contribution in [0.4, 0.5) is 0 Å². The third-order valence-electron chi connectivity index (χ3n) is 5.37. The van der Waals surface area contributed by atoms with E-state index in [1.165, 1.54) is 18.2 Å². The van der Waals surface area contributed by atoms with Crippen molar-refractivity contribution < 1.29 is 19.0 Å². The van der Waals surface area contributed by atoms with Crippen molar-refractivity contribution in [3.63, 3.8) is 0 Å². The highest BCUT2D eigenvalue weighted by atomic mass is 16.6. The van der Waals surface area contributed by atoms with E-state index in [1.54, 1.807) is 32.9 Å². The molecule has 0 aliphatic carbocycles. The molecule has 0 unspecified atom stereocenters. The Balaban J connectivity index is 1.95. The molecule has 0 aliphatic rings. The fourth-order valence-corrected chi connectivity index (χ4v) is 3.33. The van der Waals surface area contributed by atoms with Gasteiger partial charge in [0.1, 0.15) is 5.75 Å². The number of unbranched alkanes of at least 4 members (excludes halogenated alkanes) is 4. The summed E-state index contributed by atoms with van der Waals surface area (Å²) in [7, 11) is 1.43. The van der Waals surface area contributed by atoms with Gasteiger partial charge in [-0.05, 0) is 44.9 Å². The molecule has 0 N–H and O–H groups in total. The number of aromatic nitrogens is 3. The predicted molar refractivity (Wildman–Crippen MR) is 129 cm³/mol. The summed E-state index contributed by atoms with van der Waals surface area (Å²) < 4.78 is 18.8. The molecule has 0 amide bonds. The Labute approximate surface area is 200 Å². The molecular formula is C25H37N3O6. The van der Waals surface area contributed by atoms with Gasteiger partial charge in [-0.25, -0.2) is 14.3 Å².